The minimum atomic E-state index is 0.273. The number of imidazole rings is 1. The molecule has 1 heterocycles. The summed E-state index contributed by atoms with van der Waals surface area (Å²) >= 11 is 0. The van der Waals surface area contributed by atoms with Crippen LogP contribution in [0.15, 0.2) is 6.20 Å². The van der Waals surface area contributed by atoms with Crippen molar-refractivity contribution < 1.29 is 0 Å². The van der Waals surface area contributed by atoms with Crippen molar-refractivity contribution in [2.75, 3.05) is 0 Å². The number of hydrogen-bond donors (Lipinski definition) is 0. The minimum absolute atomic E-state index is 0.273. The topological polar surface area (TPSA) is 17.8 Å². The Kier molecular flexibility index (Phi) is 7.32. The summed E-state index contributed by atoms with van der Waals surface area (Å²) in [7, 11) is 2.11. The number of hydrogen-bond acceptors (Lipinski definition) is 1. The summed E-state index contributed by atoms with van der Waals surface area (Å²) in [5.74, 6) is 1.13. The minimum Gasteiger partial charge on any atom is -0.338 e. The van der Waals surface area contributed by atoms with Gasteiger partial charge in [0.1, 0.15) is 5.82 Å². The van der Waals surface area contributed by atoms with Gasteiger partial charge in [-0.2, -0.15) is 0 Å². The SMILES string of the molecule is CCCCCCC(C)(CCCCC)c1cn(C)c(C)n1. The summed E-state index contributed by atoms with van der Waals surface area (Å²) in [6.45, 7) is 9.09. The van der Waals surface area contributed by atoms with Crippen molar-refractivity contribution >= 4 is 0 Å². The fourth-order valence-corrected chi connectivity index (χ4v) is 2.94. The van der Waals surface area contributed by atoms with Gasteiger partial charge >= 0.3 is 0 Å². The van der Waals surface area contributed by atoms with Crippen molar-refractivity contribution in [1.29, 1.82) is 0 Å². The van der Waals surface area contributed by atoms with Crippen molar-refractivity contribution in [3.8, 4) is 0 Å². The third kappa shape index (κ3) is 4.96. The Morgan fingerprint density at radius 1 is 1.00 bits per heavy atom. The summed E-state index contributed by atoms with van der Waals surface area (Å²) in [5, 5.41) is 0. The number of rotatable bonds is 10. The number of aryl methyl sites for hydroxylation is 2. The van der Waals surface area contributed by atoms with Gasteiger partial charge in [0, 0.05) is 18.7 Å². The maximum atomic E-state index is 4.82. The zero-order valence-corrected chi connectivity index (χ0v) is 14.3. The highest BCUT2D eigenvalue weighted by Gasteiger charge is 2.28. The first kappa shape index (κ1) is 17.3. The van der Waals surface area contributed by atoms with Gasteiger partial charge in [0.05, 0.1) is 5.69 Å². The van der Waals surface area contributed by atoms with Crippen LogP contribution in [0.5, 0.6) is 0 Å². The lowest BCUT2D eigenvalue weighted by molar-refractivity contribution is 0.357. The second-order valence-electron chi connectivity index (χ2n) is 6.61. The predicted octanol–water partition coefficient (Wildman–Crippen LogP) is 5.54. The molecule has 0 radical (unpaired) electrons. The fourth-order valence-electron chi connectivity index (χ4n) is 2.94. The van der Waals surface area contributed by atoms with E-state index in [1.807, 2.05) is 0 Å². The molecule has 20 heavy (non-hydrogen) atoms. The molecule has 0 aliphatic heterocycles. The Labute approximate surface area is 126 Å². The molecule has 116 valence electrons. The van der Waals surface area contributed by atoms with E-state index in [0.717, 1.165) is 5.82 Å². The van der Waals surface area contributed by atoms with Crippen LogP contribution >= 0.6 is 0 Å². The Morgan fingerprint density at radius 3 is 2.05 bits per heavy atom. The molecule has 1 aromatic heterocycles. The third-order valence-electron chi connectivity index (χ3n) is 4.64. The molecule has 1 aromatic rings. The first-order chi connectivity index (χ1) is 9.53. The average Bonchev–Trinajstić information content (AvgIpc) is 2.76. The molecule has 0 aromatic carbocycles. The Bertz CT molecular complexity index is 361. The van der Waals surface area contributed by atoms with Gasteiger partial charge in [0.2, 0.25) is 0 Å². The first-order valence-corrected chi connectivity index (χ1v) is 8.54. The summed E-state index contributed by atoms with van der Waals surface area (Å²) in [6.07, 6.45) is 14.2. The van der Waals surface area contributed by atoms with Gasteiger partial charge in [0.15, 0.2) is 0 Å². The second-order valence-corrected chi connectivity index (χ2v) is 6.61. The molecule has 0 aliphatic rings. The van der Waals surface area contributed by atoms with E-state index >= 15 is 0 Å². The van der Waals surface area contributed by atoms with E-state index in [-0.39, 0.29) is 5.41 Å². The first-order valence-electron chi connectivity index (χ1n) is 8.54. The largest absolute Gasteiger partial charge is 0.338 e. The van der Waals surface area contributed by atoms with Gasteiger partial charge in [-0.15, -0.1) is 0 Å². The van der Waals surface area contributed by atoms with Crippen LogP contribution in [0.4, 0.5) is 0 Å². The lowest BCUT2D eigenvalue weighted by Crippen LogP contribution is -2.22. The number of unbranched alkanes of at least 4 members (excludes halogenated alkanes) is 5. The van der Waals surface area contributed by atoms with Crippen LogP contribution in [0.3, 0.4) is 0 Å². The van der Waals surface area contributed by atoms with Gasteiger partial charge in [-0.05, 0) is 19.8 Å². The third-order valence-corrected chi connectivity index (χ3v) is 4.64. The number of nitrogens with zero attached hydrogens (tertiary/aromatic N) is 2. The van der Waals surface area contributed by atoms with E-state index in [4.69, 9.17) is 4.98 Å². The maximum absolute atomic E-state index is 4.82. The molecule has 1 atom stereocenters. The van der Waals surface area contributed by atoms with Gasteiger partial charge in [0.25, 0.3) is 0 Å². The van der Waals surface area contributed by atoms with Gasteiger partial charge in [-0.1, -0.05) is 65.7 Å². The highest BCUT2D eigenvalue weighted by atomic mass is 15.0. The van der Waals surface area contributed by atoms with E-state index in [0.29, 0.717) is 0 Å². The molecular formula is C18H34N2. The van der Waals surface area contributed by atoms with Gasteiger partial charge < -0.3 is 4.57 Å². The lowest BCUT2D eigenvalue weighted by atomic mass is 9.77. The Morgan fingerprint density at radius 2 is 1.55 bits per heavy atom. The van der Waals surface area contributed by atoms with Crippen LogP contribution in [0.1, 0.15) is 90.1 Å². The summed E-state index contributed by atoms with van der Waals surface area (Å²) in [6, 6.07) is 0. The number of aromatic nitrogens is 2. The monoisotopic (exact) mass is 278 g/mol. The zero-order valence-electron chi connectivity index (χ0n) is 14.3. The summed E-state index contributed by atoms with van der Waals surface area (Å²) < 4.78 is 2.17. The highest BCUT2D eigenvalue weighted by molar-refractivity contribution is 5.15. The molecule has 0 fully saturated rings. The van der Waals surface area contributed by atoms with Crippen molar-refractivity contribution in [3.05, 3.63) is 17.7 Å². The van der Waals surface area contributed by atoms with Crippen LogP contribution < -0.4 is 0 Å². The molecule has 1 rings (SSSR count). The molecule has 0 saturated heterocycles. The molecule has 0 amide bonds. The summed E-state index contributed by atoms with van der Waals surface area (Å²) in [4.78, 5) is 4.82. The van der Waals surface area contributed by atoms with E-state index < -0.39 is 0 Å². The molecule has 1 unspecified atom stereocenters. The Hall–Kier alpha value is -0.790. The highest BCUT2D eigenvalue weighted by Crippen LogP contribution is 2.34. The fraction of sp³-hybridized carbons (Fsp3) is 0.833. The van der Waals surface area contributed by atoms with Gasteiger partial charge in [-0.3, -0.25) is 0 Å². The van der Waals surface area contributed by atoms with Gasteiger partial charge in [-0.25, -0.2) is 4.98 Å². The molecule has 2 heteroatoms. The van der Waals surface area contributed by atoms with E-state index in [9.17, 15) is 0 Å². The van der Waals surface area contributed by atoms with Crippen molar-refractivity contribution in [3.63, 3.8) is 0 Å². The maximum Gasteiger partial charge on any atom is 0.105 e. The normalized spacial score (nSPS) is 14.4. The molecule has 0 spiro atoms. The zero-order chi connectivity index (χ0) is 15.0. The van der Waals surface area contributed by atoms with Crippen LogP contribution in [0.2, 0.25) is 0 Å². The predicted molar refractivity (Wildman–Crippen MR) is 88.2 cm³/mol. The quantitative estimate of drug-likeness (QED) is 0.514. The van der Waals surface area contributed by atoms with Crippen molar-refractivity contribution in [2.24, 2.45) is 7.05 Å². The van der Waals surface area contributed by atoms with E-state index in [2.05, 4.69) is 45.5 Å². The molecule has 0 bridgehead atoms. The second kappa shape index (κ2) is 8.49. The van der Waals surface area contributed by atoms with Crippen molar-refractivity contribution in [1.82, 2.24) is 9.55 Å². The van der Waals surface area contributed by atoms with Crippen LogP contribution in [-0.4, -0.2) is 9.55 Å². The van der Waals surface area contributed by atoms with Crippen molar-refractivity contribution in [2.45, 2.75) is 90.9 Å². The molecule has 2 nitrogen and oxygen atoms in total. The lowest BCUT2D eigenvalue weighted by Gasteiger charge is -2.28. The molecular weight excluding hydrogens is 244 g/mol. The summed E-state index contributed by atoms with van der Waals surface area (Å²) in [5.41, 5.74) is 1.58. The van der Waals surface area contributed by atoms with E-state index in [1.54, 1.807) is 0 Å². The average molecular weight is 278 g/mol. The molecule has 0 N–H and O–H groups in total. The molecule has 0 aliphatic carbocycles. The Balaban J connectivity index is 2.71. The van der Waals surface area contributed by atoms with E-state index in [1.165, 1.54) is 63.5 Å². The van der Waals surface area contributed by atoms with Crippen LogP contribution in [0, 0.1) is 6.92 Å². The van der Waals surface area contributed by atoms with Crippen LogP contribution in [0.25, 0.3) is 0 Å². The standard InChI is InChI=1S/C18H34N2/c1-6-8-10-12-14-18(4,13-11-9-7-2)17-15-20(5)16(3)19-17/h15H,6-14H2,1-5H3. The molecule has 0 saturated carbocycles. The van der Waals surface area contributed by atoms with Crippen LogP contribution in [-0.2, 0) is 12.5 Å². The smallest absolute Gasteiger partial charge is 0.105 e.